The molecular formula is C9H7ClO4. The van der Waals surface area contributed by atoms with Crippen LogP contribution in [-0.4, -0.2) is 17.4 Å². The number of carbonyl (C=O) groups is 1. The van der Waals surface area contributed by atoms with Crippen molar-refractivity contribution in [3.05, 3.63) is 28.8 Å². The maximum absolute atomic E-state index is 10.6. The molecule has 0 amide bonds. The van der Waals surface area contributed by atoms with Gasteiger partial charge in [-0.15, -0.1) is 0 Å². The quantitative estimate of drug-likeness (QED) is 0.773. The summed E-state index contributed by atoms with van der Waals surface area (Å²) in [6, 6.07) is 4.97. The number of fused-ring (bicyclic) bond motifs is 1. The Labute approximate surface area is 85.0 Å². The molecule has 1 aliphatic heterocycles. The van der Waals surface area contributed by atoms with Crippen LogP contribution in [0.3, 0.4) is 0 Å². The smallest absolute Gasteiger partial charge is 0.373 e. The molecule has 1 aliphatic rings. The van der Waals surface area contributed by atoms with Gasteiger partial charge in [0.25, 0.3) is 6.29 Å². The summed E-state index contributed by atoms with van der Waals surface area (Å²) in [4.78, 5) is 10.6. The molecule has 2 rings (SSSR count). The maximum Gasteiger partial charge on any atom is 0.373 e. The minimum atomic E-state index is -1.22. The molecule has 0 bridgehead atoms. The van der Waals surface area contributed by atoms with Gasteiger partial charge >= 0.3 is 5.97 Å². The van der Waals surface area contributed by atoms with Gasteiger partial charge in [0, 0.05) is 10.6 Å². The van der Waals surface area contributed by atoms with Crippen molar-refractivity contribution >= 4 is 17.6 Å². The molecule has 0 radical (unpaired) electrons. The fourth-order valence-corrected chi connectivity index (χ4v) is 1.41. The molecule has 74 valence electrons. The van der Waals surface area contributed by atoms with Gasteiger partial charge < -0.3 is 14.6 Å². The van der Waals surface area contributed by atoms with Crippen molar-refractivity contribution in [2.24, 2.45) is 0 Å². The Bertz CT molecular complexity index is 377. The number of carboxylic acids is 1. The van der Waals surface area contributed by atoms with Crippen molar-refractivity contribution in [2.45, 2.75) is 12.9 Å². The molecule has 1 atom stereocenters. The van der Waals surface area contributed by atoms with Crippen LogP contribution < -0.4 is 4.74 Å². The number of halogens is 1. The number of carboxylic acid groups (broad SMARTS) is 1. The SMILES string of the molecule is O=C(O)C1OCc2cc(Cl)ccc2O1. The minimum Gasteiger partial charge on any atom is -0.477 e. The van der Waals surface area contributed by atoms with Gasteiger partial charge in [-0.3, -0.25) is 0 Å². The minimum absolute atomic E-state index is 0.201. The molecule has 0 aromatic heterocycles. The lowest BCUT2D eigenvalue weighted by molar-refractivity contribution is -0.177. The molecule has 0 fully saturated rings. The van der Waals surface area contributed by atoms with Crippen LogP contribution in [0.25, 0.3) is 0 Å². The molecule has 1 heterocycles. The van der Waals surface area contributed by atoms with Gasteiger partial charge in [0.05, 0.1) is 6.61 Å². The maximum atomic E-state index is 10.6. The molecular weight excluding hydrogens is 208 g/mol. The first kappa shape index (κ1) is 9.30. The third-order valence-corrected chi connectivity index (χ3v) is 2.08. The van der Waals surface area contributed by atoms with Crippen LogP contribution in [0, 0.1) is 0 Å². The number of ether oxygens (including phenoxy) is 2. The average Bonchev–Trinajstić information content (AvgIpc) is 2.16. The van der Waals surface area contributed by atoms with Gasteiger partial charge in [-0.1, -0.05) is 11.6 Å². The predicted octanol–water partition coefficient (Wildman–Crippen LogP) is 1.66. The number of aliphatic carboxylic acids is 1. The molecule has 14 heavy (non-hydrogen) atoms. The molecule has 0 aliphatic carbocycles. The van der Waals surface area contributed by atoms with Gasteiger partial charge in [-0.2, -0.15) is 0 Å². The lowest BCUT2D eigenvalue weighted by Crippen LogP contribution is -2.33. The molecule has 0 spiro atoms. The van der Waals surface area contributed by atoms with Gasteiger partial charge in [0.15, 0.2) is 0 Å². The normalized spacial score (nSPS) is 19.6. The Morgan fingerprint density at radius 1 is 1.57 bits per heavy atom. The van der Waals surface area contributed by atoms with Crippen LogP contribution in [0.2, 0.25) is 5.02 Å². The first-order valence-electron chi connectivity index (χ1n) is 3.96. The number of hydrogen-bond donors (Lipinski definition) is 1. The van der Waals surface area contributed by atoms with E-state index in [0.29, 0.717) is 10.8 Å². The molecule has 0 saturated heterocycles. The molecule has 0 saturated carbocycles. The van der Waals surface area contributed by atoms with E-state index in [4.69, 9.17) is 26.2 Å². The van der Waals surface area contributed by atoms with E-state index in [1.807, 2.05) is 0 Å². The zero-order valence-corrected chi connectivity index (χ0v) is 7.82. The molecule has 5 heteroatoms. The zero-order chi connectivity index (χ0) is 10.1. The van der Waals surface area contributed by atoms with Crippen LogP contribution in [0.5, 0.6) is 5.75 Å². The highest BCUT2D eigenvalue weighted by molar-refractivity contribution is 6.30. The van der Waals surface area contributed by atoms with Gasteiger partial charge in [0.1, 0.15) is 5.75 Å². The lowest BCUT2D eigenvalue weighted by Gasteiger charge is -2.23. The third kappa shape index (κ3) is 1.66. The van der Waals surface area contributed by atoms with Crippen LogP contribution in [0.1, 0.15) is 5.56 Å². The van der Waals surface area contributed by atoms with E-state index in [0.717, 1.165) is 5.56 Å². The summed E-state index contributed by atoms with van der Waals surface area (Å²) in [6.45, 7) is 0.201. The van der Waals surface area contributed by atoms with E-state index in [1.54, 1.807) is 18.2 Å². The van der Waals surface area contributed by atoms with Crippen molar-refractivity contribution in [3.63, 3.8) is 0 Å². The second-order valence-corrected chi connectivity index (χ2v) is 3.29. The Morgan fingerprint density at radius 2 is 2.36 bits per heavy atom. The van der Waals surface area contributed by atoms with E-state index in [2.05, 4.69) is 0 Å². The Morgan fingerprint density at radius 3 is 3.07 bits per heavy atom. The first-order chi connectivity index (χ1) is 6.66. The first-order valence-corrected chi connectivity index (χ1v) is 4.34. The second kappa shape index (κ2) is 3.48. The summed E-state index contributed by atoms with van der Waals surface area (Å²) >= 11 is 5.75. The monoisotopic (exact) mass is 214 g/mol. The van der Waals surface area contributed by atoms with Crippen LogP contribution in [0.15, 0.2) is 18.2 Å². The molecule has 1 unspecified atom stereocenters. The van der Waals surface area contributed by atoms with E-state index in [1.165, 1.54) is 0 Å². The largest absolute Gasteiger partial charge is 0.477 e. The molecule has 1 aromatic carbocycles. The van der Waals surface area contributed by atoms with Crippen molar-refractivity contribution < 1.29 is 19.4 Å². The Kier molecular flexibility index (Phi) is 2.31. The van der Waals surface area contributed by atoms with Crippen LogP contribution >= 0.6 is 11.6 Å². The van der Waals surface area contributed by atoms with E-state index < -0.39 is 12.3 Å². The summed E-state index contributed by atoms with van der Waals surface area (Å²) in [5.41, 5.74) is 0.759. The summed E-state index contributed by atoms with van der Waals surface area (Å²) in [5, 5.41) is 9.22. The zero-order valence-electron chi connectivity index (χ0n) is 7.07. The van der Waals surface area contributed by atoms with Gasteiger partial charge in [-0.25, -0.2) is 4.79 Å². The van der Waals surface area contributed by atoms with Crippen LogP contribution in [0.4, 0.5) is 0 Å². The van der Waals surface area contributed by atoms with Crippen molar-refractivity contribution in [1.82, 2.24) is 0 Å². The highest BCUT2D eigenvalue weighted by Gasteiger charge is 2.26. The molecule has 4 nitrogen and oxygen atoms in total. The van der Waals surface area contributed by atoms with Crippen LogP contribution in [-0.2, 0) is 16.1 Å². The van der Waals surface area contributed by atoms with E-state index >= 15 is 0 Å². The highest BCUT2D eigenvalue weighted by atomic mass is 35.5. The topological polar surface area (TPSA) is 55.8 Å². The second-order valence-electron chi connectivity index (χ2n) is 2.85. The summed E-state index contributed by atoms with van der Waals surface area (Å²) < 4.78 is 10.0. The van der Waals surface area contributed by atoms with Crippen molar-refractivity contribution in [3.8, 4) is 5.75 Å². The summed E-state index contributed by atoms with van der Waals surface area (Å²) in [5.74, 6) is -0.626. The van der Waals surface area contributed by atoms with E-state index in [9.17, 15) is 4.79 Å². The van der Waals surface area contributed by atoms with Gasteiger partial charge in [-0.05, 0) is 18.2 Å². The standard InChI is InChI=1S/C9H7ClO4/c10-6-1-2-7-5(3-6)4-13-9(14-7)8(11)12/h1-3,9H,4H2,(H,11,12). The summed E-state index contributed by atoms with van der Waals surface area (Å²) in [6.07, 6.45) is -1.22. The van der Waals surface area contributed by atoms with E-state index in [-0.39, 0.29) is 6.61 Å². The number of hydrogen-bond acceptors (Lipinski definition) is 3. The highest BCUT2D eigenvalue weighted by Crippen LogP contribution is 2.28. The Hall–Kier alpha value is -1.26. The van der Waals surface area contributed by atoms with Crippen molar-refractivity contribution in [2.75, 3.05) is 0 Å². The molecule has 1 N–H and O–H groups in total. The predicted molar refractivity (Wildman–Crippen MR) is 48.3 cm³/mol. The Balaban J connectivity index is 2.27. The lowest BCUT2D eigenvalue weighted by atomic mass is 10.2. The third-order valence-electron chi connectivity index (χ3n) is 1.85. The number of rotatable bonds is 1. The fraction of sp³-hybridized carbons (Fsp3) is 0.222. The number of benzene rings is 1. The van der Waals surface area contributed by atoms with Crippen molar-refractivity contribution in [1.29, 1.82) is 0 Å². The average molecular weight is 215 g/mol. The molecule has 1 aromatic rings. The fourth-order valence-electron chi connectivity index (χ4n) is 1.21. The van der Waals surface area contributed by atoms with Gasteiger partial charge in [0.2, 0.25) is 0 Å². The summed E-state index contributed by atoms with van der Waals surface area (Å²) in [7, 11) is 0.